The number of amides is 2. The van der Waals surface area contributed by atoms with Gasteiger partial charge in [-0.3, -0.25) is 13.9 Å². The number of sulfonamides is 1. The lowest BCUT2D eigenvalue weighted by molar-refractivity contribution is -0.140. The molecule has 0 spiro atoms. The molecule has 0 heterocycles. The number of anilines is 1. The number of hydrogen-bond donors (Lipinski definition) is 1. The standard InChI is InChI=1S/C23H27BrF3N3O4S/c1-16(22(32)28-2)29(15-17-7-4-9-19(24)13-17)21(31)11-6-12-30(35(3,33)34)20-10-5-8-18(14-20)23(25,26)27/h4-5,7-10,13-14,16H,6,11-12,15H2,1-3H3,(H,28,32)/t16-/m0/s1. The third kappa shape index (κ3) is 8.24. The molecule has 0 saturated carbocycles. The van der Waals surface area contributed by atoms with Crippen LogP contribution in [0, 0.1) is 0 Å². The summed E-state index contributed by atoms with van der Waals surface area (Å²) in [4.78, 5) is 26.7. The van der Waals surface area contributed by atoms with Crippen molar-refractivity contribution >= 4 is 43.5 Å². The van der Waals surface area contributed by atoms with E-state index in [1.54, 1.807) is 19.1 Å². The van der Waals surface area contributed by atoms with Gasteiger partial charge in [0.15, 0.2) is 0 Å². The Morgan fingerprint density at radius 1 is 1.11 bits per heavy atom. The molecular weight excluding hydrogens is 551 g/mol. The van der Waals surface area contributed by atoms with E-state index >= 15 is 0 Å². The Labute approximate surface area is 211 Å². The summed E-state index contributed by atoms with van der Waals surface area (Å²) < 4.78 is 65.5. The van der Waals surface area contributed by atoms with Gasteiger partial charge >= 0.3 is 6.18 Å². The van der Waals surface area contributed by atoms with Crippen LogP contribution in [0.25, 0.3) is 0 Å². The van der Waals surface area contributed by atoms with E-state index < -0.39 is 33.7 Å². The molecule has 0 radical (unpaired) electrons. The predicted octanol–water partition coefficient (Wildman–Crippen LogP) is 4.18. The number of benzene rings is 2. The third-order valence-electron chi connectivity index (χ3n) is 5.27. The van der Waals surface area contributed by atoms with Crippen molar-refractivity contribution in [1.29, 1.82) is 0 Å². The van der Waals surface area contributed by atoms with Crippen LogP contribution in [0.1, 0.15) is 30.9 Å². The van der Waals surface area contributed by atoms with Gasteiger partial charge in [-0.2, -0.15) is 13.2 Å². The topological polar surface area (TPSA) is 86.8 Å². The van der Waals surface area contributed by atoms with Crippen molar-refractivity contribution in [3.8, 4) is 0 Å². The van der Waals surface area contributed by atoms with Gasteiger partial charge in [0.25, 0.3) is 0 Å². The van der Waals surface area contributed by atoms with Crippen LogP contribution >= 0.6 is 15.9 Å². The van der Waals surface area contributed by atoms with Crippen molar-refractivity contribution < 1.29 is 31.2 Å². The van der Waals surface area contributed by atoms with Crippen LogP contribution in [0.15, 0.2) is 53.0 Å². The Hall–Kier alpha value is -2.60. The van der Waals surface area contributed by atoms with Gasteiger partial charge in [-0.1, -0.05) is 34.1 Å². The zero-order valence-corrected chi connectivity index (χ0v) is 21.9. The molecule has 0 aliphatic carbocycles. The Morgan fingerprint density at radius 3 is 2.34 bits per heavy atom. The highest BCUT2D eigenvalue weighted by molar-refractivity contribution is 9.10. The van der Waals surface area contributed by atoms with Gasteiger partial charge in [-0.05, 0) is 49.2 Å². The number of carbonyl (C=O) groups is 2. The van der Waals surface area contributed by atoms with Gasteiger partial charge in [-0.15, -0.1) is 0 Å². The summed E-state index contributed by atoms with van der Waals surface area (Å²) in [5.74, 6) is -0.756. The maximum Gasteiger partial charge on any atom is 0.416 e. The Bertz CT molecular complexity index is 1160. The fourth-order valence-electron chi connectivity index (χ4n) is 3.46. The van der Waals surface area contributed by atoms with E-state index in [0.717, 1.165) is 38.8 Å². The van der Waals surface area contributed by atoms with Crippen LogP contribution in [0.5, 0.6) is 0 Å². The van der Waals surface area contributed by atoms with E-state index in [4.69, 9.17) is 0 Å². The lowest BCUT2D eigenvalue weighted by Crippen LogP contribution is -2.46. The molecule has 7 nitrogen and oxygen atoms in total. The molecule has 192 valence electrons. The van der Waals surface area contributed by atoms with Crippen molar-refractivity contribution in [2.75, 3.05) is 24.2 Å². The van der Waals surface area contributed by atoms with Gasteiger partial charge in [0.05, 0.1) is 17.5 Å². The highest BCUT2D eigenvalue weighted by Gasteiger charge is 2.32. The zero-order valence-electron chi connectivity index (χ0n) is 19.5. The normalized spacial score (nSPS) is 12.7. The minimum atomic E-state index is -4.63. The molecule has 0 saturated heterocycles. The molecular formula is C23H27BrF3N3O4S. The van der Waals surface area contributed by atoms with Crippen LogP contribution in [-0.2, 0) is 32.3 Å². The number of nitrogens with zero attached hydrogens (tertiary/aromatic N) is 2. The van der Waals surface area contributed by atoms with Crippen LogP contribution in [0.3, 0.4) is 0 Å². The largest absolute Gasteiger partial charge is 0.416 e. The molecule has 2 aromatic carbocycles. The SMILES string of the molecule is CNC(=O)[C@H](C)N(Cc1cccc(Br)c1)C(=O)CCCN(c1cccc(C(F)(F)F)c1)S(C)(=O)=O. The first-order chi connectivity index (χ1) is 16.2. The lowest BCUT2D eigenvalue weighted by atomic mass is 10.1. The first-order valence-electron chi connectivity index (χ1n) is 10.6. The van der Waals surface area contributed by atoms with Crippen molar-refractivity contribution in [1.82, 2.24) is 10.2 Å². The molecule has 2 aromatic rings. The summed E-state index contributed by atoms with van der Waals surface area (Å²) in [6, 6.07) is 10.5. The summed E-state index contributed by atoms with van der Waals surface area (Å²) in [5, 5.41) is 2.51. The average molecular weight is 578 g/mol. The van der Waals surface area contributed by atoms with Crippen molar-refractivity contribution in [3.63, 3.8) is 0 Å². The number of rotatable bonds is 10. The van der Waals surface area contributed by atoms with Crippen LogP contribution in [0.4, 0.5) is 18.9 Å². The molecule has 35 heavy (non-hydrogen) atoms. The summed E-state index contributed by atoms with van der Waals surface area (Å²) in [6.07, 6.45) is -3.81. The first kappa shape index (κ1) is 28.6. The second-order valence-electron chi connectivity index (χ2n) is 7.93. The van der Waals surface area contributed by atoms with Gasteiger partial charge in [0, 0.05) is 31.0 Å². The number of likely N-dealkylation sites (N-methyl/N-ethyl adjacent to an activating group) is 1. The smallest absolute Gasteiger partial charge is 0.357 e. The maximum atomic E-state index is 13.1. The van der Waals surface area contributed by atoms with E-state index in [9.17, 15) is 31.2 Å². The summed E-state index contributed by atoms with van der Waals surface area (Å²) in [5.41, 5.74) is -0.330. The zero-order chi connectivity index (χ0) is 26.4. The number of alkyl halides is 3. The summed E-state index contributed by atoms with van der Waals surface area (Å²) in [6.45, 7) is 1.53. The molecule has 2 rings (SSSR count). The average Bonchev–Trinajstić information content (AvgIpc) is 2.78. The number of nitrogens with one attached hydrogen (secondary N) is 1. The maximum absolute atomic E-state index is 13.1. The molecule has 0 fully saturated rings. The Balaban J connectivity index is 2.19. The summed E-state index contributed by atoms with van der Waals surface area (Å²) >= 11 is 3.37. The fraction of sp³-hybridized carbons (Fsp3) is 0.391. The lowest BCUT2D eigenvalue weighted by Gasteiger charge is -2.29. The molecule has 0 aliphatic rings. The molecule has 0 aromatic heterocycles. The van der Waals surface area contributed by atoms with E-state index in [1.165, 1.54) is 18.0 Å². The van der Waals surface area contributed by atoms with E-state index in [0.29, 0.717) is 0 Å². The van der Waals surface area contributed by atoms with E-state index in [1.807, 2.05) is 12.1 Å². The monoisotopic (exact) mass is 577 g/mol. The molecule has 12 heteroatoms. The second-order valence-corrected chi connectivity index (χ2v) is 10.8. The third-order valence-corrected chi connectivity index (χ3v) is 6.96. The van der Waals surface area contributed by atoms with Gasteiger partial charge in [0.1, 0.15) is 6.04 Å². The van der Waals surface area contributed by atoms with Gasteiger partial charge in [0.2, 0.25) is 21.8 Å². The van der Waals surface area contributed by atoms with Crippen molar-refractivity contribution in [2.24, 2.45) is 0 Å². The number of halogens is 4. The highest BCUT2D eigenvalue weighted by atomic mass is 79.9. The summed E-state index contributed by atoms with van der Waals surface area (Å²) in [7, 11) is -2.46. The number of hydrogen-bond acceptors (Lipinski definition) is 4. The molecule has 1 atom stereocenters. The second kappa shape index (κ2) is 11.9. The minimum Gasteiger partial charge on any atom is -0.357 e. The van der Waals surface area contributed by atoms with Crippen molar-refractivity contribution in [3.05, 3.63) is 64.1 Å². The fourth-order valence-corrected chi connectivity index (χ4v) is 4.87. The van der Waals surface area contributed by atoms with Crippen molar-refractivity contribution in [2.45, 2.75) is 38.5 Å². The molecule has 1 N–H and O–H groups in total. The van der Waals surface area contributed by atoms with Crippen LogP contribution in [0.2, 0.25) is 0 Å². The molecule has 0 bridgehead atoms. The molecule has 2 amide bonds. The quantitative estimate of drug-likeness (QED) is 0.459. The van der Waals surface area contributed by atoms with E-state index in [2.05, 4.69) is 21.2 Å². The minimum absolute atomic E-state index is 0.0393. The molecule has 0 aliphatic heterocycles. The van der Waals surface area contributed by atoms with Crippen LogP contribution in [-0.4, -0.2) is 51.0 Å². The van der Waals surface area contributed by atoms with Gasteiger partial charge < -0.3 is 10.2 Å². The Kier molecular flexibility index (Phi) is 9.73. The Morgan fingerprint density at radius 2 is 1.77 bits per heavy atom. The predicted molar refractivity (Wildman–Crippen MR) is 131 cm³/mol. The first-order valence-corrected chi connectivity index (χ1v) is 13.3. The van der Waals surface area contributed by atoms with Gasteiger partial charge in [-0.25, -0.2) is 8.42 Å². The van der Waals surface area contributed by atoms with Crippen LogP contribution < -0.4 is 9.62 Å². The highest BCUT2D eigenvalue weighted by Crippen LogP contribution is 2.32. The van der Waals surface area contributed by atoms with E-state index in [-0.39, 0.29) is 37.5 Å². The number of carbonyl (C=O) groups excluding carboxylic acids is 2. The molecule has 0 unspecified atom stereocenters.